The van der Waals surface area contributed by atoms with Crippen molar-refractivity contribution in [3.63, 3.8) is 0 Å². The summed E-state index contributed by atoms with van der Waals surface area (Å²) in [5.74, 6) is -0.618. The first-order chi connectivity index (χ1) is 11.1. The molecule has 1 amide bonds. The summed E-state index contributed by atoms with van der Waals surface area (Å²) in [5, 5.41) is 2.74. The number of sulfone groups is 1. The third-order valence-corrected chi connectivity index (χ3v) is 7.50. The van der Waals surface area contributed by atoms with E-state index in [9.17, 15) is 21.6 Å². The summed E-state index contributed by atoms with van der Waals surface area (Å²) < 4.78 is 48.8. The van der Waals surface area contributed by atoms with E-state index < -0.39 is 38.4 Å². The molecule has 24 heavy (non-hydrogen) atoms. The molecule has 1 N–H and O–H groups in total. The maximum absolute atomic E-state index is 12.5. The van der Waals surface area contributed by atoms with Crippen LogP contribution in [0.2, 0.25) is 5.15 Å². The smallest absolute Gasteiger partial charge is 0.245 e. The Labute approximate surface area is 146 Å². The quantitative estimate of drug-likeness (QED) is 0.681. The maximum Gasteiger partial charge on any atom is 0.245 e. The number of nitrogens with zero attached hydrogens (tertiary/aromatic N) is 2. The lowest BCUT2D eigenvalue weighted by molar-refractivity contribution is -0.121. The van der Waals surface area contributed by atoms with Crippen LogP contribution in [0.25, 0.3) is 0 Å². The van der Waals surface area contributed by atoms with Gasteiger partial charge in [-0.25, -0.2) is 21.8 Å². The molecule has 1 atom stereocenters. The third kappa shape index (κ3) is 4.65. The molecular formula is C13H18ClN3O5S2. The van der Waals surface area contributed by atoms with Crippen LogP contribution in [0, 0.1) is 0 Å². The van der Waals surface area contributed by atoms with E-state index >= 15 is 0 Å². The van der Waals surface area contributed by atoms with Gasteiger partial charge in [-0.2, -0.15) is 4.31 Å². The van der Waals surface area contributed by atoms with E-state index in [1.165, 1.54) is 12.1 Å². The predicted octanol–water partition coefficient (Wildman–Crippen LogP) is 0.0489. The second-order valence-electron chi connectivity index (χ2n) is 5.42. The second kappa shape index (κ2) is 7.34. The van der Waals surface area contributed by atoms with Gasteiger partial charge in [-0.05, 0) is 18.6 Å². The van der Waals surface area contributed by atoms with E-state index in [1.807, 2.05) is 0 Å². The van der Waals surface area contributed by atoms with Gasteiger partial charge in [0, 0.05) is 18.8 Å². The highest BCUT2D eigenvalue weighted by atomic mass is 35.5. The number of pyridine rings is 1. The second-order valence-corrected chi connectivity index (χ2v) is 9.97. The standard InChI is InChI=1S/C13H18ClN3O5S2/c1-2-17(24(21,22)11-3-4-12(14)15-7-11)8-13(18)16-10-5-6-23(19,20)9-10/h3-4,7,10H,2,5-6,8-9H2,1H3,(H,16,18). The minimum atomic E-state index is -3.89. The van der Waals surface area contributed by atoms with Crippen molar-refractivity contribution in [1.29, 1.82) is 0 Å². The molecule has 1 aromatic rings. The topological polar surface area (TPSA) is 114 Å². The molecule has 1 aromatic heterocycles. The number of sulfonamides is 1. The Bertz CT molecular complexity index is 809. The van der Waals surface area contributed by atoms with Gasteiger partial charge in [-0.15, -0.1) is 0 Å². The summed E-state index contributed by atoms with van der Waals surface area (Å²) >= 11 is 5.64. The zero-order valence-corrected chi connectivity index (χ0v) is 15.4. The van der Waals surface area contributed by atoms with Crippen molar-refractivity contribution in [2.45, 2.75) is 24.3 Å². The lowest BCUT2D eigenvalue weighted by Gasteiger charge is -2.21. The van der Waals surface area contributed by atoms with Gasteiger partial charge in [0.05, 0.1) is 18.1 Å². The van der Waals surface area contributed by atoms with Crippen LogP contribution in [0.4, 0.5) is 0 Å². The summed E-state index contributed by atoms with van der Waals surface area (Å²) in [5.41, 5.74) is 0. The van der Waals surface area contributed by atoms with Crippen molar-refractivity contribution >= 4 is 37.4 Å². The van der Waals surface area contributed by atoms with E-state index in [0.717, 1.165) is 10.5 Å². The Morgan fingerprint density at radius 3 is 2.67 bits per heavy atom. The Balaban J connectivity index is 2.05. The number of hydrogen-bond donors (Lipinski definition) is 1. The molecule has 134 valence electrons. The van der Waals surface area contributed by atoms with Crippen LogP contribution >= 0.6 is 11.6 Å². The van der Waals surface area contributed by atoms with Crippen molar-refractivity contribution in [2.75, 3.05) is 24.6 Å². The molecule has 0 radical (unpaired) electrons. The highest BCUT2D eigenvalue weighted by molar-refractivity contribution is 7.91. The average Bonchev–Trinajstić information content (AvgIpc) is 2.83. The molecule has 8 nitrogen and oxygen atoms in total. The summed E-state index contributed by atoms with van der Waals surface area (Å²) in [6, 6.07) is 2.20. The number of aromatic nitrogens is 1. The summed E-state index contributed by atoms with van der Waals surface area (Å²) in [7, 11) is -7.00. The molecule has 0 aliphatic carbocycles. The normalized spacial score (nSPS) is 20.2. The first-order valence-corrected chi connectivity index (χ1v) is 10.9. The van der Waals surface area contributed by atoms with E-state index in [4.69, 9.17) is 11.6 Å². The SMILES string of the molecule is CCN(CC(=O)NC1CCS(=O)(=O)C1)S(=O)(=O)c1ccc(Cl)nc1. The lowest BCUT2D eigenvalue weighted by Crippen LogP contribution is -2.44. The first kappa shape index (κ1) is 19.1. The molecule has 0 saturated carbocycles. The molecule has 0 spiro atoms. The maximum atomic E-state index is 12.5. The van der Waals surface area contributed by atoms with E-state index in [1.54, 1.807) is 6.92 Å². The van der Waals surface area contributed by atoms with Crippen LogP contribution < -0.4 is 5.32 Å². The highest BCUT2D eigenvalue weighted by Gasteiger charge is 2.31. The summed E-state index contributed by atoms with van der Waals surface area (Å²) in [6.45, 7) is 1.30. The zero-order valence-electron chi connectivity index (χ0n) is 13.0. The molecule has 1 saturated heterocycles. The fraction of sp³-hybridized carbons (Fsp3) is 0.538. The van der Waals surface area contributed by atoms with Gasteiger partial charge in [0.25, 0.3) is 0 Å². The zero-order chi connectivity index (χ0) is 18.0. The Kier molecular flexibility index (Phi) is 5.84. The molecule has 1 unspecified atom stereocenters. The number of amides is 1. The summed E-state index contributed by atoms with van der Waals surface area (Å²) in [6.07, 6.45) is 1.47. The number of nitrogens with one attached hydrogen (secondary N) is 1. The van der Waals surface area contributed by atoms with Gasteiger partial charge >= 0.3 is 0 Å². The monoisotopic (exact) mass is 395 g/mol. The molecular weight excluding hydrogens is 378 g/mol. The Hall–Kier alpha value is -1.23. The van der Waals surface area contributed by atoms with Crippen molar-refractivity contribution in [3.8, 4) is 0 Å². The van der Waals surface area contributed by atoms with Crippen molar-refractivity contribution in [1.82, 2.24) is 14.6 Å². The van der Waals surface area contributed by atoms with E-state index in [-0.39, 0.29) is 28.1 Å². The van der Waals surface area contributed by atoms with Crippen molar-refractivity contribution in [3.05, 3.63) is 23.5 Å². The fourth-order valence-electron chi connectivity index (χ4n) is 2.37. The molecule has 0 bridgehead atoms. The van der Waals surface area contributed by atoms with Crippen LogP contribution in [0.5, 0.6) is 0 Å². The molecule has 1 aliphatic heterocycles. The molecule has 1 fully saturated rings. The molecule has 2 rings (SSSR count). The minimum Gasteiger partial charge on any atom is -0.351 e. The fourth-order valence-corrected chi connectivity index (χ4v) is 5.51. The number of halogens is 1. The van der Waals surface area contributed by atoms with Crippen LogP contribution in [-0.4, -0.2) is 62.7 Å². The first-order valence-electron chi connectivity index (χ1n) is 7.25. The molecule has 1 aliphatic rings. The predicted molar refractivity (Wildman–Crippen MR) is 88.9 cm³/mol. The average molecular weight is 396 g/mol. The van der Waals surface area contributed by atoms with Gasteiger partial charge < -0.3 is 5.32 Å². The third-order valence-electron chi connectivity index (χ3n) is 3.61. The lowest BCUT2D eigenvalue weighted by atomic mass is 10.2. The Morgan fingerprint density at radius 2 is 2.17 bits per heavy atom. The largest absolute Gasteiger partial charge is 0.351 e. The van der Waals surface area contributed by atoms with E-state index in [2.05, 4.69) is 10.3 Å². The van der Waals surface area contributed by atoms with Gasteiger partial charge in [-0.3, -0.25) is 4.79 Å². The molecule has 0 aromatic carbocycles. The van der Waals surface area contributed by atoms with Crippen LogP contribution in [-0.2, 0) is 24.7 Å². The molecule has 11 heteroatoms. The number of likely N-dealkylation sites (N-methyl/N-ethyl adjacent to an activating group) is 1. The van der Waals surface area contributed by atoms with Crippen LogP contribution in [0.1, 0.15) is 13.3 Å². The number of carbonyl (C=O) groups excluding carboxylic acids is 1. The number of rotatable bonds is 6. The van der Waals surface area contributed by atoms with Crippen LogP contribution in [0.3, 0.4) is 0 Å². The van der Waals surface area contributed by atoms with Crippen molar-refractivity contribution < 1.29 is 21.6 Å². The highest BCUT2D eigenvalue weighted by Crippen LogP contribution is 2.16. The van der Waals surface area contributed by atoms with Gasteiger partial charge in [0.2, 0.25) is 15.9 Å². The van der Waals surface area contributed by atoms with Gasteiger partial charge in [-0.1, -0.05) is 18.5 Å². The van der Waals surface area contributed by atoms with Crippen molar-refractivity contribution in [2.24, 2.45) is 0 Å². The number of hydrogen-bond acceptors (Lipinski definition) is 6. The minimum absolute atomic E-state index is 0.0319. The molecule has 2 heterocycles. The Morgan fingerprint density at radius 1 is 1.46 bits per heavy atom. The van der Waals surface area contributed by atoms with Gasteiger partial charge in [0.1, 0.15) is 10.0 Å². The number of carbonyl (C=O) groups is 1. The van der Waals surface area contributed by atoms with Gasteiger partial charge in [0.15, 0.2) is 9.84 Å². The van der Waals surface area contributed by atoms with E-state index in [0.29, 0.717) is 6.42 Å². The summed E-state index contributed by atoms with van der Waals surface area (Å²) in [4.78, 5) is 15.7. The van der Waals surface area contributed by atoms with Crippen LogP contribution in [0.15, 0.2) is 23.2 Å².